The third-order valence-corrected chi connectivity index (χ3v) is 5.19. The van der Waals surface area contributed by atoms with Crippen molar-refractivity contribution in [3.05, 3.63) is 77.4 Å². The van der Waals surface area contributed by atoms with E-state index in [1.807, 2.05) is 24.3 Å². The number of nitrogens with zero attached hydrogens (tertiary/aromatic N) is 1. The van der Waals surface area contributed by atoms with Gasteiger partial charge < -0.3 is 10.0 Å². The molecule has 140 valence electrons. The third kappa shape index (κ3) is 5.82. The van der Waals surface area contributed by atoms with Crippen LogP contribution in [0.3, 0.4) is 0 Å². The Labute approximate surface area is 159 Å². The first kappa shape index (κ1) is 20.4. The van der Waals surface area contributed by atoms with Crippen molar-refractivity contribution in [2.45, 2.75) is 38.7 Å². The minimum atomic E-state index is -0.797. The highest BCUT2D eigenvalue weighted by molar-refractivity contribution is 5.54. The molecule has 0 spiro atoms. The summed E-state index contributed by atoms with van der Waals surface area (Å²) in [5.41, 5.74) is 2.73. The van der Waals surface area contributed by atoms with Crippen molar-refractivity contribution < 1.29 is 5.11 Å². The molecule has 0 radical (unpaired) electrons. The van der Waals surface area contributed by atoms with Crippen molar-refractivity contribution in [3.63, 3.8) is 0 Å². The minimum absolute atomic E-state index is 0.160. The summed E-state index contributed by atoms with van der Waals surface area (Å²) in [7, 11) is 4.13. The van der Waals surface area contributed by atoms with Gasteiger partial charge in [0.1, 0.15) is 0 Å². The number of aryl methyl sites for hydroxylation is 1. The van der Waals surface area contributed by atoms with Gasteiger partial charge in [-0.15, -0.1) is 0 Å². The van der Waals surface area contributed by atoms with Gasteiger partial charge in [0.15, 0.2) is 0 Å². The Morgan fingerprint density at radius 2 is 1.62 bits per heavy atom. The van der Waals surface area contributed by atoms with Crippen LogP contribution in [0.4, 0.5) is 0 Å². The molecule has 0 amide bonds. The second kappa shape index (κ2) is 9.70. The number of benzene rings is 2. The second-order valence-corrected chi connectivity index (χ2v) is 7.66. The molecule has 0 fully saturated rings. The zero-order valence-corrected chi connectivity index (χ0v) is 16.7. The number of hydrogen-bond acceptors (Lipinski definition) is 2. The SMILES string of the molecule is C/C(=C\c1ccccc1)C(O)(CCCc1ccccc1)C(C)CN(C)C. The van der Waals surface area contributed by atoms with E-state index in [9.17, 15) is 5.11 Å². The van der Waals surface area contributed by atoms with E-state index in [4.69, 9.17) is 0 Å². The summed E-state index contributed by atoms with van der Waals surface area (Å²) in [5, 5.41) is 11.6. The molecule has 2 heteroatoms. The lowest BCUT2D eigenvalue weighted by atomic mass is 9.77. The largest absolute Gasteiger partial charge is 0.385 e. The van der Waals surface area contributed by atoms with Gasteiger partial charge in [-0.3, -0.25) is 0 Å². The van der Waals surface area contributed by atoms with Crippen LogP contribution in [0.25, 0.3) is 6.08 Å². The van der Waals surface area contributed by atoms with Crippen molar-refractivity contribution in [2.75, 3.05) is 20.6 Å². The fraction of sp³-hybridized carbons (Fsp3) is 0.417. The van der Waals surface area contributed by atoms with Crippen LogP contribution in [-0.4, -0.2) is 36.2 Å². The van der Waals surface area contributed by atoms with Gasteiger partial charge in [-0.2, -0.15) is 0 Å². The fourth-order valence-corrected chi connectivity index (χ4v) is 3.66. The first-order valence-corrected chi connectivity index (χ1v) is 9.56. The standard InChI is InChI=1S/C24H33NO/c1-20(18-23-14-9-6-10-15-23)24(26,21(2)19-25(3)4)17-11-16-22-12-7-5-8-13-22/h5-10,12-15,18,21,26H,11,16-17,19H2,1-4H3/b20-18+. The van der Waals surface area contributed by atoms with Crippen molar-refractivity contribution in [2.24, 2.45) is 5.92 Å². The van der Waals surface area contributed by atoms with Crippen LogP contribution in [0.2, 0.25) is 0 Å². The fourth-order valence-electron chi connectivity index (χ4n) is 3.66. The van der Waals surface area contributed by atoms with Gasteiger partial charge in [-0.25, -0.2) is 0 Å². The molecule has 0 bridgehead atoms. The van der Waals surface area contributed by atoms with Crippen LogP contribution in [0.1, 0.15) is 37.8 Å². The molecule has 0 aliphatic rings. The summed E-state index contributed by atoms with van der Waals surface area (Å²) in [6.45, 7) is 5.09. The second-order valence-electron chi connectivity index (χ2n) is 7.66. The zero-order chi connectivity index (χ0) is 19.0. The summed E-state index contributed by atoms with van der Waals surface area (Å²) in [5.74, 6) is 0.160. The summed E-state index contributed by atoms with van der Waals surface area (Å²) in [6, 6.07) is 20.8. The molecule has 2 aromatic carbocycles. The maximum atomic E-state index is 11.6. The maximum absolute atomic E-state index is 11.6. The summed E-state index contributed by atoms with van der Waals surface area (Å²) >= 11 is 0. The van der Waals surface area contributed by atoms with Gasteiger partial charge in [-0.05, 0) is 57.0 Å². The van der Waals surface area contributed by atoms with E-state index in [0.717, 1.165) is 36.9 Å². The average Bonchev–Trinajstić information content (AvgIpc) is 2.62. The highest BCUT2D eigenvalue weighted by Gasteiger charge is 2.35. The van der Waals surface area contributed by atoms with E-state index >= 15 is 0 Å². The van der Waals surface area contributed by atoms with Crippen LogP contribution in [0, 0.1) is 5.92 Å². The molecule has 0 aliphatic heterocycles. The Morgan fingerprint density at radius 3 is 2.19 bits per heavy atom. The van der Waals surface area contributed by atoms with Gasteiger partial charge >= 0.3 is 0 Å². The van der Waals surface area contributed by atoms with Gasteiger partial charge in [0.05, 0.1) is 5.60 Å². The lowest BCUT2D eigenvalue weighted by Gasteiger charge is -2.37. The topological polar surface area (TPSA) is 23.5 Å². The van der Waals surface area contributed by atoms with E-state index in [1.165, 1.54) is 5.56 Å². The molecule has 2 aromatic rings. The predicted molar refractivity (Wildman–Crippen MR) is 112 cm³/mol. The number of aliphatic hydroxyl groups is 1. The molecular weight excluding hydrogens is 318 g/mol. The van der Waals surface area contributed by atoms with Crippen LogP contribution in [0.15, 0.2) is 66.2 Å². The molecule has 0 saturated carbocycles. The Hall–Kier alpha value is -1.90. The lowest BCUT2D eigenvalue weighted by Crippen LogP contribution is -2.42. The number of rotatable bonds is 9. The lowest BCUT2D eigenvalue weighted by molar-refractivity contribution is 0.00550. The van der Waals surface area contributed by atoms with Crippen molar-refractivity contribution in [1.82, 2.24) is 4.90 Å². The van der Waals surface area contributed by atoms with E-state index in [2.05, 4.69) is 75.3 Å². The Balaban J connectivity index is 2.16. The predicted octanol–water partition coefficient (Wildman–Crippen LogP) is 5.04. The third-order valence-electron chi connectivity index (χ3n) is 5.19. The van der Waals surface area contributed by atoms with Gasteiger partial charge in [-0.1, -0.05) is 73.7 Å². The highest BCUT2D eigenvalue weighted by atomic mass is 16.3. The molecule has 0 aliphatic carbocycles. The van der Waals surface area contributed by atoms with Crippen LogP contribution < -0.4 is 0 Å². The molecular formula is C24H33NO. The Bertz CT molecular complexity index is 678. The van der Waals surface area contributed by atoms with Crippen molar-refractivity contribution >= 4 is 6.08 Å². The van der Waals surface area contributed by atoms with Gasteiger partial charge in [0.25, 0.3) is 0 Å². The Kier molecular flexibility index (Phi) is 7.62. The molecule has 2 atom stereocenters. The monoisotopic (exact) mass is 351 g/mol. The molecule has 2 rings (SSSR count). The van der Waals surface area contributed by atoms with Crippen LogP contribution >= 0.6 is 0 Å². The first-order chi connectivity index (χ1) is 12.4. The van der Waals surface area contributed by atoms with Crippen LogP contribution in [0.5, 0.6) is 0 Å². The molecule has 0 heterocycles. The number of hydrogen-bond donors (Lipinski definition) is 1. The smallest absolute Gasteiger partial charge is 0.0895 e. The maximum Gasteiger partial charge on any atom is 0.0895 e. The summed E-state index contributed by atoms with van der Waals surface area (Å²) in [4.78, 5) is 2.16. The summed E-state index contributed by atoms with van der Waals surface area (Å²) < 4.78 is 0. The van der Waals surface area contributed by atoms with Crippen LogP contribution in [-0.2, 0) is 6.42 Å². The van der Waals surface area contributed by atoms with E-state index in [1.54, 1.807) is 0 Å². The quantitative estimate of drug-likeness (QED) is 0.684. The highest BCUT2D eigenvalue weighted by Crippen LogP contribution is 2.33. The molecule has 26 heavy (non-hydrogen) atoms. The average molecular weight is 352 g/mol. The molecule has 0 saturated heterocycles. The Morgan fingerprint density at radius 1 is 1.04 bits per heavy atom. The first-order valence-electron chi connectivity index (χ1n) is 9.56. The van der Waals surface area contributed by atoms with Crippen molar-refractivity contribution in [1.29, 1.82) is 0 Å². The molecule has 1 N–H and O–H groups in total. The molecule has 2 unspecified atom stereocenters. The molecule has 2 nitrogen and oxygen atoms in total. The van der Waals surface area contributed by atoms with Gasteiger partial charge in [0.2, 0.25) is 0 Å². The van der Waals surface area contributed by atoms with Crippen molar-refractivity contribution in [3.8, 4) is 0 Å². The minimum Gasteiger partial charge on any atom is -0.385 e. The van der Waals surface area contributed by atoms with E-state index in [0.29, 0.717) is 0 Å². The molecule has 0 aromatic heterocycles. The summed E-state index contributed by atoms with van der Waals surface area (Å²) in [6.07, 6.45) is 4.87. The van der Waals surface area contributed by atoms with E-state index in [-0.39, 0.29) is 5.92 Å². The van der Waals surface area contributed by atoms with Gasteiger partial charge in [0, 0.05) is 12.5 Å². The zero-order valence-electron chi connectivity index (χ0n) is 16.7. The van der Waals surface area contributed by atoms with E-state index < -0.39 is 5.60 Å². The normalized spacial score (nSPS) is 15.7.